The normalized spacial score (nSPS) is 16.4. The molecule has 0 saturated heterocycles. The van der Waals surface area contributed by atoms with Crippen LogP contribution in [0.3, 0.4) is 0 Å². The van der Waals surface area contributed by atoms with Gasteiger partial charge in [0.05, 0.1) is 18.8 Å². The second-order valence-electron chi connectivity index (χ2n) is 4.78. The number of rotatable bonds is 8. The molecule has 2 atom stereocenters. The molecule has 0 aliphatic heterocycles. The molecule has 4 heteroatoms. The molecule has 92 valence electrons. The molecular formula is C11H26O3Si. The van der Waals surface area contributed by atoms with Gasteiger partial charge in [0.15, 0.2) is 0 Å². The minimum absolute atomic E-state index is 0.257. The van der Waals surface area contributed by atoms with Crippen LogP contribution in [0.15, 0.2) is 0 Å². The van der Waals surface area contributed by atoms with Crippen LogP contribution in [0.2, 0.25) is 24.7 Å². The Morgan fingerprint density at radius 1 is 1.07 bits per heavy atom. The van der Waals surface area contributed by atoms with Crippen LogP contribution in [0.1, 0.15) is 26.7 Å². The molecule has 0 aromatic rings. The molecule has 0 fully saturated rings. The monoisotopic (exact) mass is 234 g/mol. The molecule has 0 heterocycles. The second-order valence-corrected chi connectivity index (χ2v) is 10.3. The zero-order chi connectivity index (χ0) is 11.9. The van der Waals surface area contributed by atoms with Gasteiger partial charge in [-0.2, -0.15) is 0 Å². The maximum absolute atomic E-state index is 9.66. The number of aliphatic hydroxyl groups is 3. The minimum Gasteiger partial charge on any atom is -0.394 e. The summed E-state index contributed by atoms with van der Waals surface area (Å²) < 4.78 is 0. The van der Waals surface area contributed by atoms with Crippen LogP contribution >= 0.6 is 0 Å². The van der Waals surface area contributed by atoms with Gasteiger partial charge in [-0.25, -0.2) is 0 Å². The van der Waals surface area contributed by atoms with Gasteiger partial charge in [-0.1, -0.05) is 38.5 Å². The lowest BCUT2D eigenvalue weighted by atomic mass is 10.1. The highest BCUT2D eigenvalue weighted by molar-refractivity contribution is 6.78. The Morgan fingerprint density at radius 2 is 1.60 bits per heavy atom. The van der Waals surface area contributed by atoms with Gasteiger partial charge in [0.2, 0.25) is 0 Å². The standard InChI is InChI=1S/C11H26O3Si/c1-4-15(3,5-2)7-6-10(13)8-11(14)9-12/h10-14H,4-9H2,1-3H3. The van der Waals surface area contributed by atoms with Crippen molar-refractivity contribution >= 4 is 8.07 Å². The second kappa shape index (κ2) is 7.38. The van der Waals surface area contributed by atoms with Crippen LogP contribution in [0.5, 0.6) is 0 Å². The Labute approximate surface area is 94.2 Å². The summed E-state index contributed by atoms with van der Waals surface area (Å²) in [6, 6.07) is 3.61. The van der Waals surface area contributed by atoms with Crippen molar-refractivity contribution in [1.82, 2.24) is 0 Å². The molecule has 0 aliphatic rings. The van der Waals surface area contributed by atoms with E-state index >= 15 is 0 Å². The average Bonchev–Trinajstić information content (AvgIpc) is 2.25. The third-order valence-electron chi connectivity index (χ3n) is 3.54. The van der Waals surface area contributed by atoms with Crippen molar-refractivity contribution in [3.63, 3.8) is 0 Å². The van der Waals surface area contributed by atoms with Crippen LogP contribution in [-0.4, -0.2) is 42.2 Å². The van der Waals surface area contributed by atoms with Gasteiger partial charge in [-0.05, 0) is 6.42 Å². The van der Waals surface area contributed by atoms with E-state index in [0.29, 0.717) is 6.42 Å². The van der Waals surface area contributed by atoms with Crippen LogP contribution in [0, 0.1) is 0 Å². The molecule has 15 heavy (non-hydrogen) atoms. The van der Waals surface area contributed by atoms with Crippen molar-refractivity contribution in [2.45, 2.75) is 63.6 Å². The van der Waals surface area contributed by atoms with Gasteiger partial charge < -0.3 is 15.3 Å². The molecule has 0 saturated carbocycles. The van der Waals surface area contributed by atoms with Crippen LogP contribution in [-0.2, 0) is 0 Å². The van der Waals surface area contributed by atoms with Crippen molar-refractivity contribution in [3.8, 4) is 0 Å². The summed E-state index contributed by atoms with van der Waals surface area (Å²) in [6.07, 6.45) is -0.163. The lowest BCUT2D eigenvalue weighted by Crippen LogP contribution is -2.30. The van der Waals surface area contributed by atoms with E-state index in [4.69, 9.17) is 5.11 Å². The van der Waals surface area contributed by atoms with Gasteiger partial charge >= 0.3 is 0 Å². The number of aliphatic hydroxyl groups excluding tert-OH is 3. The molecule has 3 N–H and O–H groups in total. The Hall–Kier alpha value is 0.0969. The summed E-state index contributed by atoms with van der Waals surface area (Å²) in [5.41, 5.74) is 0. The predicted molar refractivity (Wildman–Crippen MR) is 65.7 cm³/mol. The van der Waals surface area contributed by atoms with E-state index in [-0.39, 0.29) is 6.61 Å². The summed E-state index contributed by atoms with van der Waals surface area (Å²) in [7, 11) is -1.13. The van der Waals surface area contributed by atoms with Crippen molar-refractivity contribution in [2.75, 3.05) is 6.61 Å². The topological polar surface area (TPSA) is 60.7 Å². The third kappa shape index (κ3) is 6.30. The molecule has 0 amide bonds. The maximum atomic E-state index is 9.66. The Bertz CT molecular complexity index is 160. The highest BCUT2D eigenvalue weighted by Gasteiger charge is 2.23. The predicted octanol–water partition coefficient (Wildman–Crippen LogP) is 1.60. The van der Waals surface area contributed by atoms with Crippen LogP contribution in [0.25, 0.3) is 0 Å². The number of hydrogen-bond donors (Lipinski definition) is 3. The van der Waals surface area contributed by atoms with E-state index in [1.54, 1.807) is 0 Å². The summed E-state index contributed by atoms with van der Waals surface area (Å²) in [5.74, 6) is 0. The van der Waals surface area contributed by atoms with E-state index in [1.807, 2.05) is 0 Å². The lowest BCUT2D eigenvalue weighted by molar-refractivity contribution is 0.0404. The lowest BCUT2D eigenvalue weighted by Gasteiger charge is -2.25. The zero-order valence-electron chi connectivity index (χ0n) is 10.2. The molecule has 2 unspecified atom stereocenters. The summed E-state index contributed by atoms with van der Waals surface area (Å²) in [4.78, 5) is 0. The van der Waals surface area contributed by atoms with E-state index in [1.165, 1.54) is 12.1 Å². The first-order valence-corrected chi connectivity index (χ1v) is 9.06. The van der Waals surface area contributed by atoms with Crippen LogP contribution in [0.4, 0.5) is 0 Å². The minimum atomic E-state index is -1.13. The first-order chi connectivity index (χ1) is 6.97. The maximum Gasteiger partial charge on any atom is 0.0795 e. The molecule has 0 radical (unpaired) electrons. The molecule has 0 aromatic heterocycles. The molecule has 3 nitrogen and oxygen atoms in total. The van der Waals surface area contributed by atoms with Gasteiger partial charge in [0, 0.05) is 14.5 Å². The van der Waals surface area contributed by atoms with Gasteiger partial charge in [0.25, 0.3) is 0 Å². The first kappa shape index (κ1) is 15.1. The fraction of sp³-hybridized carbons (Fsp3) is 1.00. The molecular weight excluding hydrogens is 208 g/mol. The summed E-state index contributed by atoms with van der Waals surface area (Å²) >= 11 is 0. The molecule has 0 spiro atoms. The molecule has 0 aromatic carbocycles. The smallest absolute Gasteiger partial charge is 0.0795 e. The van der Waals surface area contributed by atoms with Crippen molar-refractivity contribution in [1.29, 1.82) is 0 Å². The SMILES string of the molecule is CC[Si](C)(CC)CCC(O)CC(O)CO. The quantitative estimate of drug-likeness (QED) is 0.559. The van der Waals surface area contributed by atoms with E-state index < -0.39 is 20.3 Å². The van der Waals surface area contributed by atoms with E-state index in [9.17, 15) is 10.2 Å². The fourth-order valence-electron chi connectivity index (χ4n) is 1.63. The van der Waals surface area contributed by atoms with Crippen molar-refractivity contribution in [2.24, 2.45) is 0 Å². The van der Waals surface area contributed by atoms with Gasteiger partial charge in [0.1, 0.15) is 0 Å². The number of hydrogen-bond acceptors (Lipinski definition) is 3. The largest absolute Gasteiger partial charge is 0.394 e. The van der Waals surface area contributed by atoms with Crippen LogP contribution < -0.4 is 0 Å². The molecule has 0 rings (SSSR count). The highest BCUT2D eigenvalue weighted by Crippen LogP contribution is 2.23. The zero-order valence-corrected chi connectivity index (χ0v) is 11.2. The van der Waals surface area contributed by atoms with Gasteiger partial charge in [-0.3, -0.25) is 0 Å². The summed E-state index contributed by atoms with van der Waals surface area (Å²) in [5, 5.41) is 27.5. The Balaban J connectivity index is 3.83. The Kier molecular flexibility index (Phi) is 7.43. The third-order valence-corrected chi connectivity index (χ3v) is 8.45. The average molecular weight is 234 g/mol. The highest BCUT2D eigenvalue weighted by atomic mass is 28.3. The van der Waals surface area contributed by atoms with Crippen molar-refractivity contribution in [3.05, 3.63) is 0 Å². The summed E-state index contributed by atoms with van der Waals surface area (Å²) in [6.45, 7) is 6.56. The molecule has 0 aliphatic carbocycles. The van der Waals surface area contributed by atoms with E-state index in [2.05, 4.69) is 20.4 Å². The van der Waals surface area contributed by atoms with E-state index in [0.717, 1.165) is 12.5 Å². The molecule has 0 bridgehead atoms. The van der Waals surface area contributed by atoms with Gasteiger partial charge in [-0.15, -0.1) is 0 Å². The fourth-order valence-corrected chi connectivity index (χ4v) is 3.86. The van der Waals surface area contributed by atoms with Crippen molar-refractivity contribution < 1.29 is 15.3 Å². The first-order valence-electron chi connectivity index (χ1n) is 5.94. The Morgan fingerprint density at radius 3 is 2.00 bits per heavy atom.